The number of esters is 1. The zero-order valence-electron chi connectivity index (χ0n) is 10.8. The van der Waals surface area contributed by atoms with Crippen LogP contribution >= 0.6 is 47.2 Å². The molecule has 4 nitrogen and oxygen atoms in total. The van der Waals surface area contributed by atoms with Gasteiger partial charge in [-0.3, -0.25) is 14.5 Å². The molecule has 0 aromatic heterocycles. The van der Waals surface area contributed by atoms with Gasteiger partial charge in [0.2, 0.25) is 0 Å². The van der Waals surface area contributed by atoms with Gasteiger partial charge in [-0.1, -0.05) is 53.2 Å². The van der Waals surface area contributed by atoms with E-state index in [2.05, 4.69) is 4.74 Å². The van der Waals surface area contributed by atoms with E-state index in [0.717, 1.165) is 11.8 Å². The molecule has 1 aliphatic heterocycles. The van der Waals surface area contributed by atoms with Crippen molar-refractivity contribution < 1.29 is 14.3 Å². The predicted octanol–water partition coefficient (Wildman–Crippen LogP) is 3.37. The smallest absolute Gasteiger partial charge is 0.325 e. The number of nitrogens with zero attached hydrogens (tertiary/aromatic N) is 1. The number of rotatable bonds is 3. The van der Waals surface area contributed by atoms with E-state index in [1.807, 2.05) is 0 Å². The lowest BCUT2D eigenvalue weighted by Crippen LogP contribution is -2.33. The van der Waals surface area contributed by atoms with Crippen molar-refractivity contribution in [3.8, 4) is 0 Å². The molecule has 1 amide bonds. The summed E-state index contributed by atoms with van der Waals surface area (Å²) in [6.45, 7) is -0.214. The molecule has 0 bridgehead atoms. The highest BCUT2D eigenvalue weighted by molar-refractivity contribution is 8.26. The van der Waals surface area contributed by atoms with Gasteiger partial charge in [0.25, 0.3) is 5.91 Å². The van der Waals surface area contributed by atoms with Crippen molar-refractivity contribution in [1.82, 2.24) is 4.90 Å². The van der Waals surface area contributed by atoms with Gasteiger partial charge in [0, 0.05) is 15.6 Å². The monoisotopic (exact) mass is 361 g/mol. The summed E-state index contributed by atoms with van der Waals surface area (Å²) < 4.78 is 4.83. The molecule has 0 unspecified atom stereocenters. The Morgan fingerprint density at radius 2 is 2.05 bits per heavy atom. The molecule has 0 N–H and O–H groups in total. The first-order valence-corrected chi connectivity index (χ1v) is 7.68. The van der Waals surface area contributed by atoms with Crippen molar-refractivity contribution in [3.63, 3.8) is 0 Å². The van der Waals surface area contributed by atoms with Crippen molar-refractivity contribution in [3.05, 3.63) is 38.7 Å². The highest BCUT2D eigenvalue weighted by atomic mass is 35.5. The largest absolute Gasteiger partial charge is 0.468 e. The Morgan fingerprint density at radius 1 is 1.43 bits per heavy atom. The second-order valence-corrected chi connectivity index (χ2v) is 6.47. The minimum atomic E-state index is -0.539. The van der Waals surface area contributed by atoms with Crippen molar-refractivity contribution in [2.24, 2.45) is 0 Å². The Labute approximate surface area is 141 Å². The third-order valence-corrected chi connectivity index (χ3v) is 4.70. The summed E-state index contributed by atoms with van der Waals surface area (Å²) in [7, 11) is 1.25. The fourth-order valence-electron chi connectivity index (χ4n) is 1.61. The molecule has 21 heavy (non-hydrogen) atoms. The van der Waals surface area contributed by atoms with E-state index in [9.17, 15) is 9.59 Å². The molecule has 1 heterocycles. The molecule has 1 saturated heterocycles. The summed E-state index contributed by atoms with van der Waals surface area (Å²) in [5.41, 5.74) is 0.541. The summed E-state index contributed by atoms with van der Waals surface area (Å²) in [5.74, 6) is -0.908. The van der Waals surface area contributed by atoms with E-state index in [-0.39, 0.29) is 12.5 Å². The SMILES string of the molecule is COC(=O)CN1C(=O)/C(=C\c2c(Cl)cccc2Cl)SC1=S. The topological polar surface area (TPSA) is 46.6 Å². The van der Waals surface area contributed by atoms with Gasteiger partial charge in [-0.15, -0.1) is 0 Å². The molecule has 0 atom stereocenters. The molecule has 1 aliphatic rings. The molecule has 1 aromatic rings. The minimum absolute atomic E-state index is 0.214. The quantitative estimate of drug-likeness (QED) is 0.469. The summed E-state index contributed by atoms with van der Waals surface area (Å²) in [6.07, 6.45) is 1.57. The van der Waals surface area contributed by atoms with Crippen molar-refractivity contribution in [2.45, 2.75) is 0 Å². The van der Waals surface area contributed by atoms with Crippen LogP contribution in [0, 0.1) is 0 Å². The van der Waals surface area contributed by atoms with Crippen molar-refractivity contribution in [1.29, 1.82) is 0 Å². The van der Waals surface area contributed by atoms with Gasteiger partial charge in [0.15, 0.2) is 0 Å². The van der Waals surface area contributed by atoms with Gasteiger partial charge in [-0.2, -0.15) is 0 Å². The van der Waals surface area contributed by atoms with Crippen LogP contribution in [-0.2, 0) is 14.3 Å². The van der Waals surface area contributed by atoms with Gasteiger partial charge < -0.3 is 4.74 Å². The lowest BCUT2D eigenvalue weighted by molar-refractivity contribution is -0.143. The van der Waals surface area contributed by atoms with Crippen LogP contribution in [0.2, 0.25) is 10.0 Å². The third kappa shape index (κ3) is 3.58. The molecule has 8 heteroatoms. The Bertz CT molecular complexity index is 641. The molecule has 1 aromatic carbocycles. The molecule has 1 fully saturated rings. The predicted molar refractivity (Wildman–Crippen MR) is 88.4 cm³/mol. The minimum Gasteiger partial charge on any atom is -0.468 e. The third-order valence-electron chi connectivity index (χ3n) is 2.66. The number of ether oxygens (including phenoxy) is 1. The second-order valence-electron chi connectivity index (χ2n) is 3.98. The summed E-state index contributed by atoms with van der Waals surface area (Å²) >= 11 is 18.3. The Morgan fingerprint density at radius 3 is 2.62 bits per heavy atom. The van der Waals surface area contributed by atoms with Gasteiger partial charge in [0.1, 0.15) is 10.9 Å². The van der Waals surface area contributed by atoms with Crippen LogP contribution in [0.3, 0.4) is 0 Å². The lowest BCUT2D eigenvalue weighted by Gasteiger charge is -2.11. The standard InChI is InChI=1S/C13H9Cl2NO3S2/c1-19-11(17)6-16-12(18)10(21-13(16)20)5-7-8(14)3-2-4-9(7)15/h2-5H,6H2,1H3/b10-5+. The number of methoxy groups -OCH3 is 1. The van der Waals surface area contributed by atoms with E-state index in [4.69, 9.17) is 35.4 Å². The molecule has 0 spiro atoms. The maximum atomic E-state index is 12.2. The van der Waals surface area contributed by atoms with Crippen molar-refractivity contribution in [2.75, 3.05) is 13.7 Å². The first-order chi connectivity index (χ1) is 9.93. The summed E-state index contributed by atoms with van der Waals surface area (Å²) in [6, 6.07) is 5.06. The molecular formula is C13H9Cl2NO3S2. The first-order valence-electron chi connectivity index (χ1n) is 5.70. The first kappa shape index (κ1) is 16.3. The second kappa shape index (κ2) is 6.79. The molecule has 0 aliphatic carbocycles. The molecule has 0 saturated carbocycles. The number of halogens is 2. The number of benzene rings is 1. The van der Waals surface area contributed by atoms with Gasteiger partial charge in [-0.05, 0) is 18.2 Å². The van der Waals surface area contributed by atoms with Gasteiger partial charge >= 0.3 is 5.97 Å². The average Bonchev–Trinajstić information content (AvgIpc) is 2.70. The number of hydrogen-bond donors (Lipinski definition) is 0. The van der Waals surface area contributed by atoms with E-state index in [1.54, 1.807) is 24.3 Å². The highest BCUT2D eigenvalue weighted by Gasteiger charge is 2.33. The Hall–Kier alpha value is -1.08. The maximum absolute atomic E-state index is 12.2. The van der Waals surface area contributed by atoms with Crippen LogP contribution in [-0.4, -0.2) is 34.8 Å². The number of thiocarbonyl (C=S) groups is 1. The van der Waals surface area contributed by atoms with E-state index < -0.39 is 5.97 Å². The highest BCUT2D eigenvalue weighted by Crippen LogP contribution is 2.35. The lowest BCUT2D eigenvalue weighted by atomic mass is 10.2. The number of carbonyl (C=O) groups is 2. The maximum Gasteiger partial charge on any atom is 0.325 e. The molecule has 110 valence electrons. The zero-order chi connectivity index (χ0) is 15.6. The molecule has 2 rings (SSSR count). The average molecular weight is 362 g/mol. The number of hydrogen-bond acceptors (Lipinski definition) is 5. The number of carbonyl (C=O) groups excluding carboxylic acids is 2. The zero-order valence-corrected chi connectivity index (χ0v) is 13.9. The van der Waals surface area contributed by atoms with Gasteiger partial charge in [-0.25, -0.2) is 0 Å². The van der Waals surface area contributed by atoms with Crippen LogP contribution in [0.5, 0.6) is 0 Å². The van der Waals surface area contributed by atoms with E-state index in [1.165, 1.54) is 12.0 Å². The van der Waals surface area contributed by atoms with Gasteiger partial charge in [0.05, 0.1) is 12.0 Å². The fraction of sp³-hybridized carbons (Fsp3) is 0.154. The Kier molecular flexibility index (Phi) is 5.27. The number of amides is 1. The van der Waals surface area contributed by atoms with E-state index in [0.29, 0.717) is 24.8 Å². The Balaban J connectivity index is 2.30. The van der Waals surface area contributed by atoms with Crippen LogP contribution in [0.1, 0.15) is 5.56 Å². The van der Waals surface area contributed by atoms with Crippen LogP contribution < -0.4 is 0 Å². The van der Waals surface area contributed by atoms with Crippen LogP contribution in [0.15, 0.2) is 23.1 Å². The number of thioether (sulfide) groups is 1. The molecule has 0 radical (unpaired) electrons. The molecular weight excluding hydrogens is 353 g/mol. The van der Waals surface area contributed by atoms with Crippen LogP contribution in [0.4, 0.5) is 0 Å². The normalized spacial score (nSPS) is 16.7. The summed E-state index contributed by atoms with van der Waals surface area (Å²) in [4.78, 5) is 25.1. The summed E-state index contributed by atoms with van der Waals surface area (Å²) in [5, 5.41) is 0.862. The van der Waals surface area contributed by atoms with Crippen molar-refractivity contribution >= 4 is 69.5 Å². The van der Waals surface area contributed by atoms with Crippen LogP contribution in [0.25, 0.3) is 6.08 Å². The fourth-order valence-corrected chi connectivity index (χ4v) is 3.35. The van der Waals surface area contributed by atoms with E-state index >= 15 is 0 Å².